The van der Waals surface area contributed by atoms with Crippen LogP contribution in [0.1, 0.15) is 44.1 Å². The quantitative estimate of drug-likeness (QED) is 0.680. The number of nitrogens with one attached hydrogen (secondary N) is 1. The van der Waals surface area contributed by atoms with Crippen LogP contribution in [0.2, 0.25) is 5.02 Å². The molecule has 1 aliphatic heterocycles. The molecule has 0 bridgehead atoms. The molecule has 6 heteroatoms. The Bertz CT molecular complexity index is 853. The van der Waals surface area contributed by atoms with E-state index in [1.807, 2.05) is 48.5 Å². The summed E-state index contributed by atoms with van der Waals surface area (Å²) in [6, 6.07) is 15.7. The minimum Gasteiger partial charge on any atom is -0.385 e. The van der Waals surface area contributed by atoms with Crippen molar-refractivity contribution in [3.63, 3.8) is 0 Å². The Morgan fingerprint density at radius 2 is 1.60 bits per heavy atom. The Labute approximate surface area is 183 Å². The summed E-state index contributed by atoms with van der Waals surface area (Å²) in [5, 5.41) is 14.8. The first-order valence-corrected chi connectivity index (χ1v) is 11.2. The summed E-state index contributed by atoms with van der Waals surface area (Å²) in [7, 11) is 0. The Morgan fingerprint density at radius 1 is 1.00 bits per heavy atom. The van der Waals surface area contributed by atoms with Crippen molar-refractivity contribution in [2.75, 3.05) is 23.3 Å². The van der Waals surface area contributed by atoms with Crippen molar-refractivity contribution >= 4 is 28.9 Å². The molecule has 4 N–H and O–H groups in total. The van der Waals surface area contributed by atoms with E-state index in [-0.39, 0.29) is 17.9 Å². The number of piperidine rings is 1. The third kappa shape index (κ3) is 4.80. The van der Waals surface area contributed by atoms with Crippen LogP contribution >= 0.6 is 11.6 Å². The van der Waals surface area contributed by atoms with Crippen molar-refractivity contribution in [3.8, 4) is 0 Å². The summed E-state index contributed by atoms with van der Waals surface area (Å²) in [4.78, 5) is 14.8. The number of hydrogen-bond acceptors (Lipinski definition) is 4. The Balaban J connectivity index is 1.32. The number of nitrogens with two attached hydrogens (primary N) is 1. The predicted molar refractivity (Wildman–Crippen MR) is 122 cm³/mol. The monoisotopic (exact) mass is 427 g/mol. The van der Waals surface area contributed by atoms with Gasteiger partial charge in [-0.3, -0.25) is 4.79 Å². The zero-order chi connectivity index (χ0) is 21.1. The fourth-order valence-corrected chi connectivity index (χ4v) is 4.69. The van der Waals surface area contributed by atoms with Gasteiger partial charge in [0, 0.05) is 41.4 Å². The zero-order valence-electron chi connectivity index (χ0n) is 17.2. The topological polar surface area (TPSA) is 78.6 Å². The number of rotatable bonds is 4. The van der Waals surface area contributed by atoms with Crippen LogP contribution in [0, 0.1) is 5.92 Å². The minimum atomic E-state index is -0.808. The average molecular weight is 428 g/mol. The molecule has 5 nitrogen and oxygen atoms in total. The van der Waals surface area contributed by atoms with E-state index in [2.05, 4.69) is 10.2 Å². The molecule has 0 atom stereocenters. The highest BCUT2D eigenvalue weighted by atomic mass is 35.5. The predicted octanol–water partition coefficient (Wildman–Crippen LogP) is 4.28. The minimum absolute atomic E-state index is 0.0668. The lowest BCUT2D eigenvalue weighted by molar-refractivity contribution is -0.120. The lowest BCUT2D eigenvalue weighted by Crippen LogP contribution is -2.42. The maximum atomic E-state index is 12.5. The molecule has 2 fully saturated rings. The number of carbonyl (C=O) groups is 1. The van der Waals surface area contributed by atoms with Gasteiger partial charge in [-0.1, -0.05) is 23.7 Å². The Kier molecular flexibility index (Phi) is 6.32. The molecule has 4 rings (SSSR count). The third-order valence-corrected chi connectivity index (χ3v) is 6.87. The van der Waals surface area contributed by atoms with Crippen LogP contribution in [0.4, 0.5) is 11.4 Å². The number of benzene rings is 2. The Morgan fingerprint density at radius 3 is 2.20 bits per heavy atom. The van der Waals surface area contributed by atoms with Crippen LogP contribution < -0.4 is 16.0 Å². The van der Waals surface area contributed by atoms with Gasteiger partial charge in [0.1, 0.15) is 0 Å². The molecule has 0 radical (unpaired) electrons. The molecule has 0 spiro atoms. The van der Waals surface area contributed by atoms with Gasteiger partial charge in [0.25, 0.3) is 0 Å². The van der Waals surface area contributed by atoms with Crippen LogP contribution in [0.3, 0.4) is 0 Å². The molecular formula is C24H30ClN3O2. The zero-order valence-corrected chi connectivity index (χ0v) is 17.9. The highest BCUT2D eigenvalue weighted by Crippen LogP contribution is 2.35. The van der Waals surface area contributed by atoms with Gasteiger partial charge in [0.15, 0.2) is 0 Å². The molecule has 0 aromatic heterocycles. The van der Waals surface area contributed by atoms with Crippen LogP contribution in [0.25, 0.3) is 0 Å². The SMILES string of the molecule is NC1CCC(C(=O)Nc2ccc(N3CCC(O)(c4ccc(Cl)cc4)CC3)cc2)CC1. The van der Waals surface area contributed by atoms with E-state index < -0.39 is 5.60 Å². The van der Waals surface area contributed by atoms with Crippen molar-refractivity contribution < 1.29 is 9.90 Å². The molecule has 1 amide bonds. The average Bonchev–Trinajstić information content (AvgIpc) is 2.76. The summed E-state index contributed by atoms with van der Waals surface area (Å²) < 4.78 is 0. The second kappa shape index (κ2) is 8.96. The van der Waals surface area contributed by atoms with Crippen molar-refractivity contribution in [1.82, 2.24) is 0 Å². The van der Waals surface area contributed by atoms with Crippen molar-refractivity contribution in [3.05, 3.63) is 59.1 Å². The molecule has 30 heavy (non-hydrogen) atoms. The summed E-state index contributed by atoms with van der Waals surface area (Å²) in [5.74, 6) is 0.165. The normalized spacial score (nSPS) is 23.8. The summed E-state index contributed by atoms with van der Waals surface area (Å²) in [6.45, 7) is 1.54. The van der Waals surface area contributed by atoms with Gasteiger partial charge in [-0.05, 0) is 80.5 Å². The maximum Gasteiger partial charge on any atom is 0.227 e. The van der Waals surface area contributed by atoms with Gasteiger partial charge in [0.2, 0.25) is 5.91 Å². The van der Waals surface area contributed by atoms with E-state index in [4.69, 9.17) is 17.3 Å². The number of carbonyl (C=O) groups excluding carboxylic acids is 1. The van der Waals surface area contributed by atoms with Gasteiger partial charge in [-0.25, -0.2) is 0 Å². The molecule has 2 aliphatic rings. The molecule has 0 unspecified atom stereocenters. The number of nitrogens with zero attached hydrogens (tertiary/aromatic N) is 1. The third-order valence-electron chi connectivity index (χ3n) is 6.61. The van der Waals surface area contributed by atoms with Crippen LogP contribution in [0.5, 0.6) is 0 Å². The number of halogens is 1. The van der Waals surface area contributed by atoms with E-state index in [0.29, 0.717) is 17.9 Å². The molecule has 160 valence electrons. The van der Waals surface area contributed by atoms with Gasteiger partial charge < -0.3 is 21.1 Å². The van der Waals surface area contributed by atoms with E-state index in [1.165, 1.54) is 0 Å². The molecular weight excluding hydrogens is 398 g/mol. The van der Waals surface area contributed by atoms with Crippen LogP contribution in [-0.4, -0.2) is 30.1 Å². The van der Waals surface area contributed by atoms with Gasteiger partial charge in [0.05, 0.1) is 5.60 Å². The van der Waals surface area contributed by atoms with E-state index in [0.717, 1.165) is 55.7 Å². The van der Waals surface area contributed by atoms with Crippen molar-refractivity contribution in [2.45, 2.75) is 50.2 Å². The van der Waals surface area contributed by atoms with E-state index in [1.54, 1.807) is 0 Å². The highest BCUT2D eigenvalue weighted by molar-refractivity contribution is 6.30. The molecule has 1 saturated heterocycles. The Hall–Kier alpha value is -2.08. The van der Waals surface area contributed by atoms with Crippen molar-refractivity contribution in [2.24, 2.45) is 11.7 Å². The highest BCUT2D eigenvalue weighted by Gasteiger charge is 2.34. The summed E-state index contributed by atoms with van der Waals surface area (Å²) >= 11 is 5.97. The smallest absolute Gasteiger partial charge is 0.227 e. The first-order valence-electron chi connectivity index (χ1n) is 10.8. The molecule has 2 aromatic rings. The van der Waals surface area contributed by atoms with Gasteiger partial charge >= 0.3 is 0 Å². The van der Waals surface area contributed by atoms with Crippen LogP contribution in [0.15, 0.2) is 48.5 Å². The number of aliphatic hydroxyl groups is 1. The second-order valence-corrected chi connectivity index (χ2v) is 9.11. The fraction of sp³-hybridized carbons (Fsp3) is 0.458. The fourth-order valence-electron chi connectivity index (χ4n) is 4.56. The van der Waals surface area contributed by atoms with Gasteiger partial charge in [-0.2, -0.15) is 0 Å². The second-order valence-electron chi connectivity index (χ2n) is 8.67. The molecule has 1 heterocycles. The molecule has 1 saturated carbocycles. The van der Waals surface area contributed by atoms with Gasteiger partial charge in [-0.15, -0.1) is 0 Å². The first kappa shape index (κ1) is 21.2. The lowest BCUT2D eigenvalue weighted by atomic mass is 9.84. The number of anilines is 2. The summed E-state index contributed by atoms with van der Waals surface area (Å²) in [6.07, 6.45) is 4.92. The molecule has 1 aliphatic carbocycles. The molecule has 2 aromatic carbocycles. The largest absolute Gasteiger partial charge is 0.385 e. The lowest BCUT2D eigenvalue weighted by Gasteiger charge is -2.39. The van der Waals surface area contributed by atoms with E-state index >= 15 is 0 Å². The number of hydrogen-bond donors (Lipinski definition) is 3. The van der Waals surface area contributed by atoms with E-state index in [9.17, 15) is 9.90 Å². The number of amides is 1. The van der Waals surface area contributed by atoms with Crippen LogP contribution in [-0.2, 0) is 10.4 Å². The summed E-state index contributed by atoms with van der Waals surface area (Å²) in [5.41, 5.74) is 7.99. The first-order chi connectivity index (χ1) is 14.4. The standard InChI is InChI=1S/C24H30ClN3O2/c25-19-5-3-18(4-6-19)24(30)13-15-28(16-14-24)22-11-9-21(10-12-22)27-23(29)17-1-7-20(26)8-2-17/h3-6,9-12,17,20,30H,1-2,7-8,13-16,26H2,(H,27,29). The maximum absolute atomic E-state index is 12.5. The van der Waals surface area contributed by atoms with Crippen molar-refractivity contribution in [1.29, 1.82) is 0 Å².